The van der Waals surface area contributed by atoms with Crippen molar-refractivity contribution >= 4 is 5.97 Å². The van der Waals surface area contributed by atoms with Crippen LogP contribution >= 0.6 is 0 Å². The largest absolute Gasteiger partial charge is 0.478 e. The van der Waals surface area contributed by atoms with Crippen molar-refractivity contribution in [2.45, 2.75) is 51.9 Å². The number of ether oxygens (including phenoxy) is 1. The van der Waals surface area contributed by atoms with Gasteiger partial charge in [-0.15, -0.1) is 0 Å². The molecule has 0 unspecified atom stereocenters. The van der Waals surface area contributed by atoms with Crippen LogP contribution in [-0.2, 0) is 0 Å². The predicted octanol–water partition coefficient (Wildman–Crippen LogP) is 5.03. The van der Waals surface area contributed by atoms with Crippen molar-refractivity contribution in [2.24, 2.45) is 0 Å². The van der Waals surface area contributed by atoms with E-state index >= 15 is 0 Å². The second kappa shape index (κ2) is 10.1. The number of carboxylic acids is 1. The Morgan fingerprint density at radius 3 is 2.40 bits per heavy atom. The van der Waals surface area contributed by atoms with Gasteiger partial charge in [-0.1, -0.05) is 39.0 Å². The van der Waals surface area contributed by atoms with Crippen molar-refractivity contribution in [1.29, 1.82) is 0 Å². The minimum atomic E-state index is -0.921. The SMILES string of the molecule is CCCCCCCC/C=C/Oc1ccc(C(=O)O)cc1. The van der Waals surface area contributed by atoms with E-state index < -0.39 is 5.97 Å². The van der Waals surface area contributed by atoms with Crippen LogP contribution in [0.15, 0.2) is 36.6 Å². The lowest BCUT2D eigenvalue weighted by Gasteiger charge is -2.01. The standard InChI is InChI=1S/C17H24O3/c1-2-3-4-5-6-7-8-9-14-20-16-12-10-15(11-13-16)17(18)19/h9-14H,2-8H2,1H3,(H,18,19)/b14-9+. The topological polar surface area (TPSA) is 46.5 Å². The van der Waals surface area contributed by atoms with E-state index in [2.05, 4.69) is 6.92 Å². The summed E-state index contributed by atoms with van der Waals surface area (Å²) >= 11 is 0. The summed E-state index contributed by atoms with van der Waals surface area (Å²) in [5, 5.41) is 8.77. The molecule has 0 fully saturated rings. The molecular formula is C17H24O3. The molecule has 0 saturated heterocycles. The fourth-order valence-electron chi connectivity index (χ4n) is 1.91. The maximum absolute atomic E-state index is 10.7. The summed E-state index contributed by atoms with van der Waals surface area (Å²) in [7, 11) is 0. The van der Waals surface area contributed by atoms with E-state index in [-0.39, 0.29) is 5.56 Å². The lowest BCUT2D eigenvalue weighted by atomic mass is 10.1. The van der Waals surface area contributed by atoms with Gasteiger partial charge in [-0.25, -0.2) is 4.79 Å². The Hall–Kier alpha value is -1.77. The molecule has 0 radical (unpaired) electrons. The maximum Gasteiger partial charge on any atom is 0.335 e. The van der Waals surface area contributed by atoms with Gasteiger partial charge in [0.1, 0.15) is 5.75 Å². The Labute approximate surface area is 121 Å². The Bertz CT molecular complexity index is 407. The number of carbonyl (C=O) groups is 1. The van der Waals surface area contributed by atoms with E-state index in [1.54, 1.807) is 30.5 Å². The first-order valence-corrected chi connectivity index (χ1v) is 7.39. The molecule has 1 rings (SSSR count). The summed E-state index contributed by atoms with van der Waals surface area (Å²) in [6.07, 6.45) is 12.5. The third-order valence-corrected chi connectivity index (χ3v) is 3.13. The molecule has 0 aliphatic rings. The first-order valence-electron chi connectivity index (χ1n) is 7.39. The molecule has 0 aliphatic carbocycles. The molecule has 110 valence electrons. The summed E-state index contributed by atoms with van der Waals surface area (Å²) in [4.78, 5) is 10.7. The van der Waals surface area contributed by atoms with Crippen LogP contribution in [-0.4, -0.2) is 11.1 Å². The molecule has 1 aromatic carbocycles. The molecule has 0 saturated carbocycles. The van der Waals surface area contributed by atoms with Gasteiger partial charge in [0.15, 0.2) is 0 Å². The molecule has 0 amide bonds. The van der Waals surface area contributed by atoms with Gasteiger partial charge in [0.25, 0.3) is 0 Å². The molecule has 0 atom stereocenters. The Kier molecular flexibility index (Phi) is 8.20. The molecule has 20 heavy (non-hydrogen) atoms. The highest BCUT2D eigenvalue weighted by atomic mass is 16.5. The zero-order valence-corrected chi connectivity index (χ0v) is 12.2. The highest BCUT2D eigenvalue weighted by Gasteiger charge is 2.00. The zero-order valence-electron chi connectivity index (χ0n) is 12.2. The number of allylic oxidation sites excluding steroid dienone is 1. The van der Waals surface area contributed by atoms with Gasteiger partial charge in [0.05, 0.1) is 11.8 Å². The second-order valence-electron chi connectivity index (χ2n) is 4.88. The zero-order chi connectivity index (χ0) is 14.6. The number of rotatable bonds is 10. The van der Waals surface area contributed by atoms with Crippen LogP contribution in [0.3, 0.4) is 0 Å². The van der Waals surface area contributed by atoms with Crippen molar-refractivity contribution in [3.05, 3.63) is 42.2 Å². The molecule has 0 aromatic heterocycles. The molecule has 3 nitrogen and oxygen atoms in total. The Balaban J connectivity index is 2.13. The summed E-state index contributed by atoms with van der Waals surface area (Å²) in [6, 6.07) is 6.41. The lowest BCUT2D eigenvalue weighted by Crippen LogP contribution is -1.95. The van der Waals surface area contributed by atoms with Crippen LogP contribution in [0.25, 0.3) is 0 Å². The maximum atomic E-state index is 10.7. The molecule has 3 heteroatoms. The highest BCUT2D eigenvalue weighted by Crippen LogP contribution is 2.13. The minimum absolute atomic E-state index is 0.272. The van der Waals surface area contributed by atoms with Gasteiger partial charge in [-0.05, 0) is 43.2 Å². The Morgan fingerprint density at radius 1 is 1.10 bits per heavy atom. The lowest BCUT2D eigenvalue weighted by molar-refractivity contribution is 0.0697. The van der Waals surface area contributed by atoms with E-state index in [0.717, 1.165) is 6.42 Å². The van der Waals surface area contributed by atoms with Crippen LogP contribution in [0, 0.1) is 0 Å². The summed E-state index contributed by atoms with van der Waals surface area (Å²) in [5.74, 6) is -0.260. The molecular weight excluding hydrogens is 252 g/mol. The monoisotopic (exact) mass is 276 g/mol. The van der Waals surface area contributed by atoms with Gasteiger partial charge in [-0.2, -0.15) is 0 Å². The quantitative estimate of drug-likeness (QED) is 0.481. The number of hydrogen-bond acceptors (Lipinski definition) is 2. The van der Waals surface area contributed by atoms with Crippen LogP contribution in [0.2, 0.25) is 0 Å². The molecule has 0 aliphatic heterocycles. The van der Waals surface area contributed by atoms with Gasteiger partial charge in [0, 0.05) is 0 Å². The molecule has 0 spiro atoms. The van der Waals surface area contributed by atoms with Crippen LogP contribution < -0.4 is 4.74 Å². The normalized spacial score (nSPS) is 10.8. The smallest absolute Gasteiger partial charge is 0.335 e. The molecule has 0 bridgehead atoms. The first kappa shape index (κ1) is 16.3. The third-order valence-electron chi connectivity index (χ3n) is 3.13. The summed E-state index contributed by atoms with van der Waals surface area (Å²) in [6.45, 7) is 2.23. The fraction of sp³-hybridized carbons (Fsp3) is 0.471. The Morgan fingerprint density at radius 2 is 1.75 bits per heavy atom. The van der Waals surface area contributed by atoms with E-state index in [1.165, 1.54) is 38.5 Å². The molecule has 1 N–H and O–H groups in total. The first-order chi connectivity index (χ1) is 9.74. The molecule has 1 aromatic rings. The average molecular weight is 276 g/mol. The van der Waals surface area contributed by atoms with Crippen molar-refractivity contribution in [2.75, 3.05) is 0 Å². The summed E-state index contributed by atoms with van der Waals surface area (Å²) < 4.78 is 5.41. The summed E-state index contributed by atoms with van der Waals surface area (Å²) in [5.41, 5.74) is 0.272. The van der Waals surface area contributed by atoms with E-state index in [1.807, 2.05) is 6.08 Å². The fourth-order valence-corrected chi connectivity index (χ4v) is 1.91. The van der Waals surface area contributed by atoms with Crippen molar-refractivity contribution in [1.82, 2.24) is 0 Å². The average Bonchev–Trinajstić information content (AvgIpc) is 2.46. The van der Waals surface area contributed by atoms with Gasteiger partial charge >= 0.3 is 5.97 Å². The van der Waals surface area contributed by atoms with Crippen LogP contribution in [0.4, 0.5) is 0 Å². The number of unbranched alkanes of at least 4 members (excludes halogenated alkanes) is 6. The van der Waals surface area contributed by atoms with Crippen molar-refractivity contribution in [3.8, 4) is 5.75 Å². The predicted molar refractivity (Wildman–Crippen MR) is 81.2 cm³/mol. The third kappa shape index (κ3) is 6.98. The number of carboxylic acid groups (broad SMARTS) is 1. The van der Waals surface area contributed by atoms with E-state index in [0.29, 0.717) is 5.75 Å². The van der Waals surface area contributed by atoms with Crippen molar-refractivity contribution < 1.29 is 14.6 Å². The second-order valence-corrected chi connectivity index (χ2v) is 4.88. The van der Waals surface area contributed by atoms with E-state index in [4.69, 9.17) is 9.84 Å². The van der Waals surface area contributed by atoms with E-state index in [9.17, 15) is 4.79 Å². The van der Waals surface area contributed by atoms with Gasteiger partial charge < -0.3 is 9.84 Å². The van der Waals surface area contributed by atoms with Crippen LogP contribution in [0.1, 0.15) is 62.2 Å². The van der Waals surface area contributed by atoms with Crippen LogP contribution in [0.5, 0.6) is 5.75 Å². The minimum Gasteiger partial charge on any atom is -0.478 e. The van der Waals surface area contributed by atoms with Gasteiger partial charge in [-0.3, -0.25) is 0 Å². The van der Waals surface area contributed by atoms with Crippen molar-refractivity contribution in [3.63, 3.8) is 0 Å². The number of aromatic carboxylic acids is 1. The number of hydrogen-bond donors (Lipinski definition) is 1. The number of benzene rings is 1. The molecule has 0 heterocycles. The highest BCUT2D eigenvalue weighted by molar-refractivity contribution is 5.87. The van der Waals surface area contributed by atoms with Gasteiger partial charge in [0.2, 0.25) is 0 Å².